The maximum Gasteiger partial charge on any atom is 0.387 e. The summed E-state index contributed by atoms with van der Waals surface area (Å²) >= 11 is 0. The Kier molecular flexibility index (Phi) is 7.64. The third-order valence-electron chi connectivity index (χ3n) is 3.98. The average molecular weight is 406 g/mol. The molecule has 0 saturated carbocycles. The number of ether oxygens (including phenoxy) is 2. The van der Waals surface area contributed by atoms with E-state index in [1.54, 1.807) is 12.1 Å². The van der Waals surface area contributed by atoms with Crippen LogP contribution in [0.1, 0.15) is 21.5 Å². The highest BCUT2D eigenvalue weighted by atomic mass is 19.3. The Morgan fingerprint density at radius 1 is 1.00 bits per heavy atom. The van der Waals surface area contributed by atoms with E-state index in [0.29, 0.717) is 5.69 Å². The molecule has 0 unspecified atom stereocenters. The molecule has 2 aromatic rings. The molecule has 0 aliphatic heterocycles. The van der Waals surface area contributed by atoms with Crippen molar-refractivity contribution in [2.75, 3.05) is 18.5 Å². The number of alkyl halides is 2. The van der Waals surface area contributed by atoms with Crippen molar-refractivity contribution in [3.05, 3.63) is 59.2 Å². The molecule has 9 heteroatoms. The Hall–Kier alpha value is -3.49. The number of anilines is 1. The van der Waals surface area contributed by atoms with Crippen molar-refractivity contribution in [1.82, 2.24) is 5.32 Å². The van der Waals surface area contributed by atoms with Gasteiger partial charge in [0.1, 0.15) is 11.3 Å². The first-order valence-electron chi connectivity index (χ1n) is 8.61. The van der Waals surface area contributed by atoms with Crippen molar-refractivity contribution in [3.8, 4) is 5.75 Å². The third-order valence-corrected chi connectivity index (χ3v) is 3.98. The summed E-state index contributed by atoms with van der Waals surface area (Å²) in [5, 5.41) is 4.98. The van der Waals surface area contributed by atoms with E-state index in [2.05, 4.69) is 15.4 Å². The molecule has 7 nitrogen and oxygen atoms in total. The van der Waals surface area contributed by atoms with Crippen LogP contribution < -0.4 is 15.4 Å². The molecule has 2 rings (SSSR count). The van der Waals surface area contributed by atoms with Gasteiger partial charge in [0.2, 0.25) is 5.91 Å². The van der Waals surface area contributed by atoms with E-state index in [9.17, 15) is 23.2 Å². The van der Waals surface area contributed by atoms with Gasteiger partial charge in [-0.25, -0.2) is 4.79 Å². The lowest BCUT2D eigenvalue weighted by Gasteiger charge is -2.12. The van der Waals surface area contributed by atoms with Gasteiger partial charge in [0.15, 0.2) is 6.61 Å². The SMILES string of the molecule is Cc1cccc(NC(=O)CNC(=O)COC(=O)c2ccccc2OC(F)F)c1C. The van der Waals surface area contributed by atoms with E-state index in [4.69, 9.17) is 4.74 Å². The van der Waals surface area contributed by atoms with Crippen LogP contribution >= 0.6 is 0 Å². The van der Waals surface area contributed by atoms with Crippen LogP contribution in [0, 0.1) is 13.8 Å². The molecule has 0 aromatic heterocycles. The van der Waals surface area contributed by atoms with Crippen LogP contribution in [0.2, 0.25) is 0 Å². The number of aryl methyl sites for hydroxylation is 1. The second kappa shape index (κ2) is 10.2. The molecule has 0 radical (unpaired) electrons. The summed E-state index contributed by atoms with van der Waals surface area (Å²) in [6.45, 7) is -0.347. The zero-order valence-electron chi connectivity index (χ0n) is 15.8. The summed E-state index contributed by atoms with van der Waals surface area (Å²) in [5.41, 5.74) is 2.31. The first-order valence-corrected chi connectivity index (χ1v) is 8.61. The summed E-state index contributed by atoms with van der Waals surface area (Å²) in [4.78, 5) is 35.8. The first kappa shape index (κ1) is 21.8. The van der Waals surface area contributed by atoms with Crippen LogP contribution in [-0.4, -0.2) is 37.5 Å². The molecular weight excluding hydrogens is 386 g/mol. The fraction of sp³-hybridized carbons (Fsp3) is 0.250. The van der Waals surface area contributed by atoms with E-state index in [-0.39, 0.29) is 17.9 Å². The van der Waals surface area contributed by atoms with Gasteiger partial charge in [-0.1, -0.05) is 24.3 Å². The number of benzene rings is 2. The standard InChI is InChI=1S/C20H20F2N2O5/c1-12-6-5-8-15(13(12)2)24-17(25)10-23-18(26)11-28-19(27)14-7-3-4-9-16(14)29-20(21)22/h3-9,20H,10-11H2,1-2H3,(H,23,26)(H,24,25). The quantitative estimate of drug-likeness (QED) is 0.658. The summed E-state index contributed by atoms with van der Waals surface area (Å²) in [6.07, 6.45) is 0. The van der Waals surface area contributed by atoms with Gasteiger partial charge >= 0.3 is 12.6 Å². The topological polar surface area (TPSA) is 93.7 Å². The van der Waals surface area contributed by atoms with Crippen molar-refractivity contribution >= 4 is 23.5 Å². The van der Waals surface area contributed by atoms with E-state index in [1.807, 2.05) is 19.9 Å². The van der Waals surface area contributed by atoms with Crippen molar-refractivity contribution in [3.63, 3.8) is 0 Å². The molecule has 0 heterocycles. The second-order valence-corrected chi connectivity index (χ2v) is 6.02. The Morgan fingerprint density at radius 3 is 2.45 bits per heavy atom. The van der Waals surface area contributed by atoms with Crippen LogP contribution in [0.5, 0.6) is 5.75 Å². The van der Waals surface area contributed by atoms with Crippen LogP contribution in [0.4, 0.5) is 14.5 Å². The van der Waals surface area contributed by atoms with Gasteiger partial charge in [-0.05, 0) is 43.2 Å². The molecule has 2 N–H and O–H groups in total. The predicted molar refractivity (Wildman–Crippen MR) is 101 cm³/mol. The lowest BCUT2D eigenvalue weighted by Crippen LogP contribution is -2.35. The molecule has 0 atom stereocenters. The van der Waals surface area contributed by atoms with Crippen LogP contribution in [0.3, 0.4) is 0 Å². The summed E-state index contributed by atoms with van der Waals surface area (Å²) < 4.78 is 33.8. The van der Waals surface area contributed by atoms with Gasteiger partial charge in [-0.3, -0.25) is 9.59 Å². The zero-order chi connectivity index (χ0) is 21.4. The first-order chi connectivity index (χ1) is 13.8. The van der Waals surface area contributed by atoms with Gasteiger partial charge in [0, 0.05) is 5.69 Å². The molecule has 0 bridgehead atoms. The van der Waals surface area contributed by atoms with E-state index < -0.39 is 31.0 Å². The van der Waals surface area contributed by atoms with Gasteiger partial charge < -0.3 is 20.1 Å². The molecule has 2 aromatic carbocycles. The Morgan fingerprint density at radius 2 is 1.72 bits per heavy atom. The van der Waals surface area contributed by atoms with Crippen LogP contribution in [0.15, 0.2) is 42.5 Å². The van der Waals surface area contributed by atoms with Gasteiger partial charge in [-0.2, -0.15) is 8.78 Å². The predicted octanol–water partition coefficient (Wildman–Crippen LogP) is 2.82. The Bertz CT molecular complexity index is 902. The number of carbonyl (C=O) groups is 3. The second-order valence-electron chi connectivity index (χ2n) is 6.02. The number of amides is 2. The van der Waals surface area contributed by atoms with Crippen LogP contribution in [-0.2, 0) is 14.3 Å². The molecule has 0 aliphatic rings. The maximum atomic E-state index is 12.4. The van der Waals surface area contributed by atoms with Gasteiger partial charge in [-0.15, -0.1) is 0 Å². The van der Waals surface area contributed by atoms with Crippen molar-refractivity contribution in [2.45, 2.75) is 20.5 Å². The van der Waals surface area contributed by atoms with Crippen molar-refractivity contribution in [1.29, 1.82) is 0 Å². The Labute approximate surface area is 166 Å². The molecule has 0 aliphatic carbocycles. The smallest absolute Gasteiger partial charge is 0.387 e. The normalized spacial score (nSPS) is 10.4. The molecule has 29 heavy (non-hydrogen) atoms. The Balaban J connectivity index is 1.82. The van der Waals surface area contributed by atoms with Crippen molar-refractivity contribution in [2.24, 2.45) is 0 Å². The minimum absolute atomic E-state index is 0.242. The number of halogens is 2. The van der Waals surface area contributed by atoms with E-state index in [0.717, 1.165) is 11.1 Å². The number of esters is 1. The molecule has 0 spiro atoms. The van der Waals surface area contributed by atoms with E-state index >= 15 is 0 Å². The monoisotopic (exact) mass is 406 g/mol. The number of hydrogen-bond donors (Lipinski definition) is 2. The van der Waals surface area contributed by atoms with Crippen LogP contribution in [0.25, 0.3) is 0 Å². The zero-order valence-corrected chi connectivity index (χ0v) is 15.8. The third kappa shape index (κ3) is 6.56. The highest BCUT2D eigenvalue weighted by Crippen LogP contribution is 2.21. The highest BCUT2D eigenvalue weighted by molar-refractivity contribution is 5.96. The lowest BCUT2D eigenvalue weighted by atomic mass is 10.1. The summed E-state index contributed by atoms with van der Waals surface area (Å²) in [7, 11) is 0. The highest BCUT2D eigenvalue weighted by Gasteiger charge is 2.18. The number of rotatable bonds is 8. The molecular formula is C20H20F2N2O5. The lowest BCUT2D eigenvalue weighted by molar-refractivity contribution is -0.126. The maximum absolute atomic E-state index is 12.4. The minimum atomic E-state index is -3.11. The van der Waals surface area contributed by atoms with Gasteiger partial charge in [0.25, 0.3) is 5.91 Å². The fourth-order valence-electron chi connectivity index (χ4n) is 2.35. The fourth-order valence-corrected chi connectivity index (χ4v) is 2.35. The minimum Gasteiger partial charge on any atom is -0.452 e. The van der Waals surface area contributed by atoms with Crippen molar-refractivity contribution < 1.29 is 32.6 Å². The largest absolute Gasteiger partial charge is 0.452 e. The molecule has 154 valence electrons. The number of hydrogen-bond acceptors (Lipinski definition) is 5. The molecule has 0 fully saturated rings. The summed E-state index contributed by atoms with van der Waals surface area (Å²) in [5.74, 6) is -2.53. The van der Waals surface area contributed by atoms with Gasteiger partial charge in [0.05, 0.1) is 6.54 Å². The average Bonchev–Trinajstić information content (AvgIpc) is 2.68. The number of carbonyl (C=O) groups excluding carboxylic acids is 3. The summed E-state index contributed by atoms with van der Waals surface area (Å²) in [6, 6.07) is 10.7. The van der Waals surface area contributed by atoms with E-state index in [1.165, 1.54) is 24.3 Å². The number of para-hydroxylation sites is 1. The molecule has 2 amide bonds. The number of nitrogens with one attached hydrogen (secondary N) is 2. The molecule has 0 saturated heterocycles.